The Morgan fingerprint density at radius 1 is 0.290 bits per heavy atom. The van der Waals surface area contributed by atoms with Crippen LogP contribution >= 0.6 is 0 Å². The molecule has 0 aliphatic rings. The van der Waals surface area contributed by atoms with Crippen LogP contribution in [-0.2, 0) is 28.6 Å². The first-order valence-electron chi connectivity index (χ1n) is 29.4. The SMILES string of the molecule is CCCC/C=C\CCCCCCCC(=O)OCC(COC(=O)CCCCCCCC/C=C\C/C=C\C/C=C\CCCCCCC)OC(=O)CCCCCCCCCCC/C=C\C/C=C\CCCCC. The minimum Gasteiger partial charge on any atom is -0.462 e. The second kappa shape index (κ2) is 57.4. The molecule has 0 radical (unpaired) electrons. The summed E-state index contributed by atoms with van der Waals surface area (Å²) in [5.74, 6) is -0.904. The van der Waals surface area contributed by atoms with Crippen LogP contribution in [0.4, 0.5) is 0 Å². The lowest BCUT2D eigenvalue weighted by atomic mass is 10.1. The predicted molar refractivity (Wildman–Crippen MR) is 298 cm³/mol. The van der Waals surface area contributed by atoms with Crippen LogP contribution in [0.1, 0.15) is 290 Å². The summed E-state index contributed by atoms with van der Waals surface area (Å²) in [6.07, 6.45) is 73.2. The fraction of sp³-hybridized carbons (Fsp3) is 0.762. The van der Waals surface area contributed by atoms with Crippen molar-refractivity contribution in [2.75, 3.05) is 13.2 Å². The van der Waals surface area contributed by atoms with E-state index in [2.05, 4.69) is 93.7 Å². The molecule has 1 atom stereocenters. The van der Waals surface area contributed by atoms with Gasteiger partial charge in [-0.05, 0) is 109 Å². The van der Waals surface area contributed by atoms with Crippen molar-refractivity contribution in [3.05, 3.63) is 72.9 Å². The van der Waals surface area contributed by atoms with E-state index in [9.17, 15) is 14.4 Å². The van der Waals surface area contributed by atoms with E-state index in [1.54, 1.807) is 0 Å². The van der Waals surface area contributed by atoms with Gasteiger partial charge in [-0.15, -0.1) is 0 Å². The minimum atomic E-state index is -0.787. The van der Waals surface area contributed by atoms with Crippen molar-refractivity contribution in [1.82, 2.24) is 0 Å². The van der Waals surface area contributed by atoms with Crippen molar-refractivity contribution < 1.29 is 28.6 Å². The molecule has 0 N–H and O–H groups in total. The molecule has 0 heterocycles. The highest BCUT2D eigenvalue weighted by molar-refractivity contribution is 5.71. The fourth-order valence-corrected chi connectivity index (χ4v) is 8.17. The van der Waals surface area contributed by atoms with E-state index in [0.717, 1.165) is 89.9 Å². The van der Waals surface area contributed by atoms with Crippen LogP contribution in [-0.4, -0.2) is 37.2 Å². The number of allylic oxidation sites excluding steroid dienone is 12. The maximum Gasteiger partial charge on any atom is 0.306 e. The van der Waals surface area contributed by atoms with Gasteiger partial charge in [0.2, 0.25) is 0 Å². The number of ether oxygens (including phenoxy) is 3. The van der Waals surface area contributed by atoms with Crippen LogP contribution in [0.3, 0.4) is 0 Å². The quantitative estimate of drug-likeness (QED) is 0.0262. The third-order valence-electron chi connectivity index (χ3n) is 12.7. The number of esters is 3. The summed E-state index contributed by atoms with van der Waals surface area (Å²) in [5.41, 5.74) is 0. The van der Waals surface area contributed by atoms with E-state index in [1.165, 1.54) is 161 Å². The Morgan fingerprint density at radius 2 is 0.536 bits per heavy atom. The van der Waals surface area contributed by atoms with E-state index in [-0.39, 0.29) is 31.1 Å². The lowest BCUT2D eigenvalue weighted by Gasteiger charge is -2.18. The molecule has 1 unspecified atom stereocenters. The van der Waals surface area contributed by atoms with Crippen LogP contribution in [0.2, 0.25) is 0 Å². The maximum absolute atomic E-state index is 12.9. The highest BCUT2D eigenvalue weighted by Crippen LogP contribution is 2.15. The molecule has 0 rings (SSSR count). The highest BCUT2D eigenvalue weighted by Gasteiger charge is 2.19. The molecule has 0 aromatic heterocycles. The van der Waals surface area contributed by atoms with Gasteiger partial charge < -0.3 is 14.2 Å². The summed E-state index contributed by atoms with van der Waals surface area (Å²) in [6, 6.07) is 0. The Balaban J connectivity index is 4.35. The molecule has 0 fully saturated rings. The molecule has 0 amide bonds. The third-order valence-corrected chi connectivity index (χ3v) is 12.7. The fourth-order valence-electron chi connectivity index (χ4n) is 8.17. The van der Waals surface area contributed by atoms with Crippen molar-refractivity contribution in [1.29, 1.82) is 0 Å². The molecular formula is C63H110O6. The van der Waals surface area contributed by atoms with Crippen molar-refractivity contribution in [2.24, 2.45) is 0 Å². The number of unbranched alkanes of at least 4 members (excludes halogenated alkanes) is 30. The van der Waals surface area contributed by atoms with Crippen molar-refractivity contribution in [3.63, 3.8) is 0 Å². The molecule has 398 valence electrons. The van der Waals surface area contributed by atoms with Crippen LogP contribution in [0.5, 0.6) is 0 Å². The summed E-state index contributed by atoms with van der Waals surface area (Å²) >= 11 is 0. The Morgan fingerprint density at radius 3 is 0.899 bits per heavy atom. The Labute approximate surface area is 427 Å². The minimum absolute atomic E-state index is 0.0854. The van der Waals surface area contributed by atoms with E-state index >= 15 is 0 Å². The van der Waals surface area contributed by atoms with Gasteiger partial charge in [0, 0.05) is 19.3 Å². The normalized spacial score (nSPS) is 12.6. The Bertz CT molecular complexity index is 1290. The van der Waals surface area contributed by atoms with Gasteiger partial charge in [0.15, 0.2) is 6.10 Å². The van der Waals surface area contributed by atoms with Gasteiger partial charge in [0.05, 0.1) is 0 Å². The van der Waals surface area contributed by atoms with Crippen molar-refractivity contribution in [3.8, 4) is 0 Å². The van der Waals surface area contributed by atoms with Gasteiger partial charge in [-0.1, -0.05) is 235 Å². The molecule has 0 aliphatic heterocycles. The zero-order valence-corrected chi connectivity index (χ0v) is 45.6. The summed E-state index contributed by atoms with van der Waals surface area (Å²) in [4.78, 5) is 38.1. The van der Waals surface area contributed by atoms with Crippen LogP contribution in [0.15, 0.2) is 72.9 Å². The van der Waals surface area contributed by atoms with E-state index < -0.39 is 6.10 Å². The summed E-state index contributed by atoms with van der Waals surface area (Å²) < 4.78 is 16.8. The molecular weight excluding hydrogens is 853 g/mol. The molecule has 0 spiro atoms. The monoisotopic (exact) mass is 963 g/mol. The zero-order chi connectivity index (χ0) is 50.0. The topological polar surface area (TPSA) is 78.9 Å². The summed E-state index contributed by atoms with van der Waals surface area (Å²) in [7, 11) is 0. The lowest BCUT2D eigenvalue weighted by molar-refractivity contribution is -0.167. The average molecular weight is 964 g/mol. The van der Waals surface area contributed by atoms with Crippen LogP contribution in [0.25, 0.3) is 0 Å². The largest absolute Gasteiger partial charge is 0.462 e. The van der Waals surface area contributed by atoms with E-state index in [1.807, 2.05) is 0 Å². The number of carbonyl (C=O) groups excluding carboxylic acids is 3. The second-order valence-corrected chi connectivity index (χ2v) is 19.5. The lowest BCUT2D eigenvalue weighted by Crippen LogP contribution is -2.30. The van der Waals surface area contributed by atoms with E-state index in [4.69, 9.17) is 14.2 Å². The molecule has 0 saturated heterocycles. The molecule has 0 aromatic rings. The summed E-state index contributed by atoms with van der Waals surface area (Å²) in [6.45, 7) is 6.56. The third kappa shape index (κ3) is 55.6. The van der Waals surface area contributed by atoms with Gasteiger partial charge in [-0.2, -0.15) is 0 Å². The molecule has 69 heavy (non-hydrogen) atoms. The highest BCUT2D eigenvalue weighted by atomic mass is 16.6. The molecule has 0 aromatic carbocycles. The second-order valence-electron chi connectivity index (χ2n) is 19.5. The standard InChI is InChI=1S/C63H110O6/c1-4-7-10-13-16-19-22-24-26-28-30-31-33-34-36-38-41-44-47-50-53-56-62(65)68-59-60(58-67-61(64)55-52-49-46-43-40-21-18-15-12-9-6-3)69-63(66)57-54-51-48-45-42-39-37-35-32-29-27-25-23-20-17-14-11-8-5-2/h15,17-18,20,22,24-25,27-28,30,33-34,60H,4-14,16,19,21,23,26,29,31-32,35-59H2,1-3H3/b18-15-,20-17-,24-22-,27-25-,30-28-,34-33-. The first kappa shape index (κ1) is 65.8. The molecule has 0 bridgehead atoms. The number of hydrogen-bond donors (Lipinski definition) is 0. The van der Waals surface area contributed by atoms with Gasteiger partial charge in [0.25, 0.3) is 0 Å². The van der Waals surface area contributed by atoms with Crippen LogP contribution < -0.4 is 0 Å². The Hall–Kier alpha value is -3.15. The maximum atomic E-state index is 12.9. The smallest absolute Gasteiger partial charge is 0.306 e. The zero-order valence-electron chi connectivity index (χ0n) is 45.6. The molecule has 0 aliphatic carbocycles. The Kier molecular flexibility index (Phi) is 54.8. The molecule has 6 nitrogen and oxygen atoms in total. The first-order chi connectivity index (χ1) is 34.0. The van der Waals surface area contributed by atoms with Gasteiger partial charge >= 0.3 is 17.9 Å². The van der Waals surface area contributed by atoms with Crippen molar-refractivity contribution >= 4 is 17.9 Å². The van der Waals surface area contributed by atoms with Crippen molar-refractivity contribution in [2.45, 2.75) is 297 Å². The van der Waals surface area contributed by atoms with Gasteiger partial charge in [-0.3, -0.25) is 14.4 Å². The number of carbonyl (C=O) groups is 3. The molecule has 6 heteroatoms. The average Bonchev–Trinajstić information content (AvgIpc) is 3.35. The first-order valence-corrected chi connectivity index (χ1v) is 29.4. The number of rotatable bonds is 53. The van der Waals surface area contributed by atoms with Crippen LogP contribution in [0, 0.1) is 0 Å². The van der Waals surface area contributed by atoms with E-state index in [0.29, 0.717) is 19.3 Å². The molecule has 0 saturated carbocycles. The van der Waals surface area contributed by atoms with Gasteiger partial charge in [0.1, 0.15) is 13.2 Å². The number of hydrogen-bond acceptors (Lipinski definition) is 6. The van der Waals surface area contributed by atoms with Gasteiger partial charge in [-0.25, -0.2) is 0 Å². The predicted octanol–water partition coefficient (Wildman–Crippen LogP) is 19.8. The summed E-state index contributed by atoms with van der Waals surface area (Å²) in [5, 5.41) is 0.